The predicted octanol–water partition coefficient (Wildman–Crippen LogP) is 2.84. The van der Waals surface area contributed by atoms with E-state index in [1.54, 1.807) is 0 Å². The fourth-order valence-electron chi connectivity index (χ4n) is 3.40. The SMILES string of the molecule is C=CC1CC(=C)N1C(=C)N1CCCC(c2cnn(C)c2)C1. The molecule has 0 bridgehead atoms. The number of nitrogens with zero attached hydrogens (tertiary/aromatic N) is 4. The average Bonchev–Trinajstić information content (AvgIpc) is 2.91. The van der Waals surface area contributed by atoms with Gasteiger partial charge in [0.05, 0.1) is 12.2 Å². The van der Waals surface area contributed by atoms with Gasteiger partial charge in [0.1, 0.15) is 5.82 Å². The molecule has 3 heterocycles. The molecule has 0 aromatic carbocycles. The van der Waals surface area contributed by atoms with E-state index in [9.17, 15) is 0 Å². The third-order valence-electron chi connectivity index (χ3n) is 4.65. The molecule has 2 unspecified atom stereocenters. The van der Waals surface area contributed by atoms with Crippen LogP contribution >= 0.6 is 0 Å². The van der Waals surface area contributed by atoms with Crippen LogP contribution in [0.3, 0.4) is 0 Å². The molecule has 4 heteroatoms. The van der Waals surface area contributed by atoms with E-state index in [1.807, 2.05) is 24.0 Å². The van der Waals surface area contributed by atoms with Crippen molar-refractivity contribution in [2.24, 2.45) is 7.05 Å². The number of aryl methyl sites for hydroxylation is 1. The van der Waals surface area contributed by atoms with Crippen molar-refractivity contribution in [1.29, 1.82) is 0 Å². The summed E-state index contributed by atoms with van der Waals surface area (Å²) in [5.74, 6) is 1.62. The van der Waals surface area contributed by atoms with Crippen LogP contribution in [0.15, 0.2) is 49.7 Å². The summed E-state index contributed by atoms with van der Waals surface area (Å²) in [6, 6.07) is 0.365. The molecule has 0 spiro atoms. The number of likely N-dealkylation sites (tertiary alicyclic amines) is 2. The summed E-state index contributed by atoms with van der Waals surface area (Å²) in [6.45, 7) is 14.4. The van der Waals surface area contributed by atoms with E-state index in [-0.39, 0.29) is 0 Å². The molecular formula is C17H24N4. The molecule has 2 aliphatic rings. The van der Waals surface area contributed by atoms with Crippen molar-refractivity contribution in [2.45, 2.75) is 31.2 Å². The van der Waals surface area contributed by atoms with Gasteiger partial charge in [0, 0.05) is 44.4 Å². The van der Waals surface area contributed by atoms with Gasteiger partial charge in [0.25, 0.3) is 0 Å². The van der Waals surface area contributed by atoms with E-state index in [0.29, 0.717) is 12.0 Å². The van der Waals surface area contributed by atoms with Gasteiger partial charge in [-0.25, -0.2) is 0 Å². The molecule has 21 heavy (non-hydrogen) atoms. The molecule has 2 atom stereocenters. The van der Waals surface area contributed by atoms with E-state index in [0.717, 1.165) is 31.0 Å². The van der Waals surface area contributed by atoms with Crippen LogP contribution in [0.5, 0.6) is 0 Å². The number of hydrogen-bond donors (Lipinski definition) is 0. The lowest BCUT2D eigenvalue weighted by Crippen LogP contribution is -2.49. The zero-order valence-electron chi connectivity index (χ0n) is 12.8. The first-order valence-corrected chi connectivity index (χ1v) is 7.62. The van der Waals surface area contributed by atoms with Gasteiger partial charge in [0.15, 0.2) is 0 Å². The Hall–Kier alpha value is -1.97. The number of piperidine rings is 1. The third kappa shape index (κ3) is 2.50. The average molecular weight is 284 g/mol. The topological polar surface area (TPSA) is 24.3 Å². The second-order valence-corrected chi connectivity index (χ2v) is 6.09. The van der Waals surface area contributed by atoms with Crippen LogP contribution in [0.25, 0.3) is 0 Å². The zero-order chi connectivity index (χ0) is 15.0. The Morgan fingerprint density at radius 3 is 2.90 bits per heavy atom. The molecule has 2 saturated heterocycles. The van der Waals surface area contributed by atoms with Gasteiger partial charge in [-0.1, -0.05) is 19.2 Å². The van der Waals surface area contributed by atoms with Crippen LogP contribution in [0.4, 0.5) is 0 Å². The van der Waals surface area contributed by atoms with Gasteiger partial charge < -0.3 is 9.80 Å². The van der Waals surface area contributed by atoms with Crippen LogP contribution in [-0.2, 0) is 7.05 Å². The minimum Gasteiger partial charge on any atom is -0.358 e. The fourth-order valence-corrected chi connectivity index (χ4v) is 3.40. The van der Waals surface area contributed by atoms with Crippen molar-refractivity contribution >= 4 is 0 Å². The maximum atomic E-state index is 4.30. The first-order valence-electron chi connectivity index (χ1n) is 7.62. The second-order valence-electron chi connectivity index (χ2n) is 6.09. The molecule has 2 aliphatic heterocycles. The van der Waals surface area contributed by atoms with Crippen LogP contribution in [0, 0.1) is 0 Å². The van der Waals surface area contributed by atoms with E-state index in [4.69, 9.17) is 0 Å². The maximum Gasteiger partial charge on any atom is 0.101 e. The van der Waals surface area contributed by atoms with E-state index >= 15 is 0 Å². The van der Waals surface area contributed by atoms with Crippen molar-refractivity contribution in [3.8, 4) is 0 Å². The number of rotatable bonds is 4. The summed E-state index contributed by atoms with van der Waals surface area (Å²) in [5, 5.41) is 4.30. The van der Waals surface area contributed by atoms with Gasteiger partial charge in [-0.15, -0.1) is 6.58 Å². The van der Waals surface area contributed by atoms with Gasteiger partial charge >= 0.3 is 0 Å². The molecule has 1 aromatic heterocycles. The molecule has 2 fully saturated rings. The first-order chi connectivity index (χ1) is 10.1. The maximum absolute atomic E-state index is 4.30. The smallest absolute Gasteiger partial charge is 0.101 e. The summed E-state index contributed by atoms with van der Waals surface area (Å²) < 4.78 is 1.88. The molecule has 4 nitrogen and oxygen atoms in total. The zero-order valence-corrected chi connectivity index (χ0v) is 12.8. The van der Waals surface area contributed by atoms with Crippen molar-refractivity contribution < 1.29 is 0 Å². The Labute approximate surface area is 127 Å². The summed E-state index contributed by atoms with van der Waals surface area (Å²) in [5.41, 5.74) is 2.48. The number of aromatic nitrogens is 2. The van der Waals surface area contributed by atoms with Gasteiger partial charge in [-0.05, 0) is 18.4 Å². The molecule has 112 valence electrons. The van der Waals surface area contributed by atoms with Crippen molar-refractivity contribution in [3.63, 3.8) is 0 Å². The molecule has 0 amide bonds. The highest BCUT2D eigenvalue weighted by atomic mass is 15.4. The quantitative estimate of drug-likeness (QED) is 0.795. The Balaban J connectivity index is 1.69. The minimum atomic E-state index is 0.365. The summed E-state index contributed by atoms with van der Waals surface area (Å²) in [7, 11) is 1.97. The molecule has 0 N–H and O–H groups in total. The lowest BCUT2D eigenvalue weighted by atomic mass is 9.92. The highest BCUT2D eigenvalue weighted by molar-refractivity contribution is 5.24. The lowest BCUT2D eigenvalue weighted by Gasteiger charge is -2.49. The first kappa shape index (κ1) is 14.0. The van der Waals surface area contributed by atoms with Crippen LogP contribution in [-0.4, -0.2) is 38.7 Å². The monoisotopic (exact) mass is 284 g/mol. The van der Waals surface area contributed by atoms with E-state index < -0.39 is 0 Å². The summed E-state index contributed by atoms with van der Waals surface area (Å²) in [4.78, 5) is 4.61. The molecule has 1 aromatic rings. The van der Waals surface area contributed by atoms with E-state index in [1.165, 1.54) is 18.4 Å². The lowest BCUT2D eigenvalue weighted by molar-refractivity contribution is 0.141. The summed E-state index contributed by atoms with van der Waals surface area (Å²) in [6.07, 6.45) is 9.53. The molecule has 0 aliphatic carbocycles. The molecule has 0 radical (unpaired) electrons. The van der Waals surface area contributed by atoms with Crippen molar-refractivity contribution in [2.75, 3.05) is 13.1 Å². The van der Waals surface area contributed by atoms with Crippen LogP contribution in [0.1, 0.15) is 30.7 Å². The fraction of sp³-hybridized carbons (Fsp3) is 0.471. The van der Waals surface area contributed by atoms with Crippen molar-refractivity contribution in [1.82, 2.24) is 19.6 Å². The number of hydrogen-bond acceptors (Lipinski definition) is 3. The Morgan fingerprint density at radius 1 is 1.48 bits per heavy atom. The Bertz CT molecular complexity index is 571. The van der Waals surface area contributed by atoms with E-state index in [2.05, 4.69) is 40.8 Å². The Kier molecular flexibility index (Phi) is 3.62. The van der Waals surface area contributed by atoms with Crippen LogP contribution in [0.2, 0.25) is 0 Å². The largest absolute Gasteiger partial charge is 0.358 e. The Morgan fingerprint density at radius 2 is 2.29 bits per heavy atom. The minimum absolute atomic E-state index is 0.365. The highest BCUT2D eigenvalue weighted by Crippen LogP contribution is 2.36. The summed E-state index contributed by atoms with van der Waals surface area (Å²) >= 11 is 0. The normalized spacial score (nSPS) is 25.7. The highest BCUT2D eigenvalue weighted by Gasteiger charge is 2.34. The van der Waals surface area contributed by atoms with Gasteiger partial charge in [-0.2, -0.15) is 5.10 Å². The van der Waals surface area contributed by atoms with Gasteiger partial charge in [0.2, 0.25) is 0 Å². The van der Waals surface area contributed by atoms with Crippen LogP contribution < -0.4 is 0 Å². The molecular weight excluding hydrogens is 260 g/mol. The molecule has 3 rings (SSSR count). The molecule has 0 saturated carbocycles. The third-order valence-corrected chi connectivity index (χ3v) is 4.65. The van der Waals surface area contributed by atoms with Gasteiger partial charge in [-0.3, -0.25) is 4.68 Å². The van der Waals surface area contributed by atoms with Crippen molar-refractivity contribution in [3.05, 3.63) is 55.3 Å². The second kappa shape index (κ2) is 5.43. The standard InChI is InChI=1S/C17H24N4/c1-5-17-9-13(2)21(17)14(3)20-8-6-7-15(12-20)16-10-18-19(4)11-16/h5,10-11,15,17H,1-3,6-9,12H2,4H3. The predicted molar refractivity (Wildman–Crippen MR) is 85.5 cm³/mol.